The molecule has 0 saturated heterocycles. The molecule has 7 rings (SSSR count). The molecule has 0 aliphatic rings. The third kappa shape index (κ3) is 5.13. The average Bonchev–Trinajstić information content (AvgIpc) is 3.48. The Kier molecular flexibility index (Phi) is 6.89. The van der Waals surface area contributed by atoms with Crippen molar-refractivity contribution in [3.8, 4) is 23.1 Å². The quantitative estimate of drug-likeness (QED) is 0.176. The zero-order valence-electron chi connectivity index (χ0n) is 23.4. The van der Waals surface area contributed by atoms with Gasteiger partial charge < -0.3 is 13.9 Å². The average molecular weight is 566 g/mol. The van der Waals surface area contributed by atoms with E-state index in [2.05, 4.69) is 29.4 Å². The fourth-order valence-electron chi connectivity index (χ4n) is 5.17. The van der Waals surface area contributed by atoms with Crippen molar-refractivity contribution in [3.05, 3.63) is 137 Å². The Morgan fingerprint density at radius 1 is 0.791 bits per heavy atom. The zero-order chi connectivity index (χ0) is 29.2. The summed E-state index contributed by atoms with van der Waals surface area (Å²) in [5.74, 6) is 1.98. The van der Waals surface area contributed by atoms with Gasteiger partial charge in [0.1, 0.15) is 12.2 Å². The summed E-state index contributed by atoms with van der Waals surface area (Å²) >= 11 is 0. The molecule has 0 saturated carbocycles. The molecule has 7 heteroatoms. The van der Waals surface area contributed by atoms with Crippen LogP contribution >= 0.6 is 0 Å². The minimum Gasteiger partial charge on any atom is -0.490 e. The Hall–Kier alpha value is -5.69. The lowest BCUT2D eigenvalue weighted by molar-refractivity contribution is 0.270. The first-order valence-corrected chi connectivity index (χ1v) is 14.1. The van der Waals surface area contributed by atoms with Crippen LogP contribution in [0.5, 0.6) is 11.5 Å². The maximum absolute atomic E-state index is 13.6. The predicted octanol–water partition coefficient (Wildman–Crippen LogP) is 7.82. The molecule has 0 aliphatic carbocycles. The molecule has 43 heavy (non-hydrogen) atoms. The van der Waals surface area contributed by atoms with Gasteiger partial charge in [-0.25, -0.2) is 4.98 Å². The highest BCUT2D eigenvalue weighted by molar-refractivity contribution is 5.86. The maximum Gasteiger partial charge on any atom is 0.282 e. The molecule has 0 radical (unpaired) electrons. The first-order valence-electron chi connectivity index (χ1n) is 14.1. The van der Waals surface area contributed by atoms with E-state index in [4.69, 9.17) is 18.9 Å². The Balaban J connectivity index is 1.24. The summed E-state index contributed by atoms with van der Waals surface area (Å²) in [4.78, 5) is 18.4. The first kappa shape index (κ1) is 26.2. The summed E-state index contributed by atoms with van der Waals surface area (Å²) in [6.45, 7) is 2.79. The Labute approximate surface area is 247 Å². The van der Waals surface area contributed by atoms with E-state index in [9.17, 15) is 4.79 Å². The Morgan fingerprint density at radius 2 is 1.56 bits per heavy atom. The lowest BCUT2D eigenvalue weighted by Crippen LogP contribution is -2.20. The van der Waals surface area contributed by atoms with Crippen LogP contribution in [-0.2, 0) is 6.61 Å². The van der Waals surface area contributed by atoms with Gasteiger partial charge in [0.05, 0.1) is 23.7 Å². The van der Waals surface area contributed by atoms with E-state index in [0.29, 0.717) is 52.8 Å². The summed E-state index contributed by atoms with van der Waals surface area (Å²) in [5.41, 5.74) is 2.80. The van der Waals surface area contributed by atoms with E-state index in [1.165, 1.54) is 10.1 Å². The molecular weight excluding hydrogens is 538 g/mol. The molecule has 0 amide bonds. The van der Waals surface area contributed by atoms with Crippen molar-refractivity contribution < 1.29 is 13.9 Å². The van der Waals surface area contributed by atoms with Crippen LogP contribution in [0.15, 0.2) is 130 Å². The summed E-state index contributed by atoms with van der Waals surface area (Å²) in [5, 5.41) is 8.29. The van der Waals surface area contributed by atoms with Crippen LogP contribution in [0.4, 0.5) is 0 Å². The highest BCUT2D eigenvalue weighted by atomic mass is 16.5. The van der Waals surface area contributed by atoms with E-state index < -0.39 is 0 Å². The largest absolute Gasteiger partial charge is 0.490 e. The number of hydrogen-bond donors (Lipinski definition) is 0. The van der Waals surface area contributed by atoms with E-state index >= 15 is 0 Å². The lowest BCUT2D eigenvalue weighted by atomic mass is 10.1. The summed E-state index contributed by atoms with van der Waals surface area (Å²) in [7, 11) is 0. The summed E-state index contributed by atoms with van der Waals surface area (Å²) in [6.07, 6.45) is 1.61. The number of benzene rings is 5. The van der Waals surface area contributed by atoms with E-state index in [0.717, 1.165) is 21.9 Å². The lowest BCUT2D eigenvalue weighted by Gasteiger charge is -2.14. The second-order valence-electron chi connectivity index (χ2n) is 10.0. The van der Waals surface area contributed by atoms with Crippen LogP contribution in [0.3, 0.4) is 0 Å². The number of furan rings is 1. The zero-order valence-corrected chi connectivity index (χ0v) is 23.4. The van der Waals surface area contributed by atoms with Gasteiger partial charge in [0, 0.05) is 5.39 Å². The van der Waals surface area contributed by atoms with Gasteiger partial charge >= 0.3 is 0 Å². The van der Waals surface area contributed by atoms with Gasteiger partial charge in [0.15, 0.2) is 17.3 Å². The van der Waals surface area contributed by atoms with Gasteiger partial charge in [-0.3, -0.25) is 4.79 Å². The smallest absolute Gasteiger partial charge is 0.282 e. The SMILES string of the molecule is CCOc1cc(C=Nn2c(-c3cc4ccccc4o3)nc3ccccc3c2=O)ccc1OCc1cccc2ccccc12. The highest BCUT2D eigenvalue weighted by Gasteiger charge is 2.16. The third-order valence-corrected chi connectivity index (χ3v) is 7.25. The molecule has 2 heterocycles. The molecule has 0 spiro atoms. The maximum atomic E-state index is 13.6. The Morgan fingerprint density at radius 3 is 2.42 bits per heavy atom. The molecule has 0 aliphatic heterocycles. The van der Waals surface area contributed by atoms with Crippen LogP contribution in [0.25, 0.3) is 44.2 Å². The number of nitrogens with zero attached hydrogens (tertiary/aromatic N) is 3. The molecule has 7 nitrogen and oxygen atoms in total. The predicted molar refractivity (Wildman–Crippen MR) is 170 cm³/mol. The standard InChI is InChI=1S/C36H27N3O4/c1-2-41-33-20-24(18-19-32(33)42-23-27-13-9-12-25-10-3-5-14-28(25)27)22-37-39-35(34-21-26-11-4-8-17-31(26)43-34)38-30-16-7-6-15-29(30)36(39)40/h3-22H,2,23H2,1H3. The normalized spacial score (nSPS) is 11.6. The van der Waals surface area contributed by atoms with Gasteiger partial charge in [-0.2, -0.15) is 9.78 Å². The minimum atomic E-state index is -0.294. The van der Waals surface area contributed by atoms with E-state index in [1.807, 2.05) is 91.9 Å². The number of para-hydroxylation sites is 2. The van der Waals surface area contributed by atoms with Crippen molar-refractivity contribution in [2.75, 3.05) is 6.61 Å². The summed E-state index contributed by atoms with van der Waals surface area (Å²) < 4.78 is 19.5. The first-order chi connectivity index (χ1) is 21.2. The molecule has 0 unspecified atom stereocenters. The van der Waals surface area contributed by atoms with Crippen LogP contribution in [-0.4, -0.2) is 22.5 Å². The number of fused-ring (bicyclic) bond motifs is 3. The van der Waals surface area contributed by atoms with Crippen molar-refractivity contribution in [2.24, 2.45) is 5.10 Å². The summed E-state index contributed by atoms with van der Waals surface area (Å²) in [6, 6.07) is 36.8. The number of rotatable bonds is 8. The molecule has 0 fully saturated rings. The Bertz CT molecular complexity index is 2160. The molecule has 5 aromatic carbocycles. The van der Waals surface area contributed by atoms with Crippen molar-refractivity contribution in [3.63, 3.8) is 0 Å². The fourth-order valence-corrected chi connectivity index (χ4v) is 5.17. The third-order valence-electron chi connectivity index (χ3n) is 7.25. The van der Waals surface area contributed by atoms with Gasteiger partial charge in [0.25, 0.3) is 5.56 Å². The van der Waals surface area contributed by atoms with Gasteiger partial charge in [-0.1, -0.05) is 72.8 Å². The topological polar surface area (TPSA) is 78.9 Å². The number of ether oxygens (including phenoxy) is 2. The molecule has 0 N–H and O–H groups in total. The molecular formula is C36H27N3O4. The van der Waals surface area contributed by atoms with E-state index in [1.54, 1.807) is 12.3 Å². The number of aromatic nitrogens is 2. The van der Waals surface area contributed by atoms with Crippen molar-refractivity contribution in [1.29, 1.82) is 0 Å². The van der Waals surface area contributed by atoms with Crippen LogP contribution in [0, 0.1) is 0 Å². The van der Waals surface area contributed by atoms with Crippen molar-refractivity contribution >= 4 is 38.9 Å². The van der Waals surface area contributed by atoms with Crippen molar-refractivity contribution in [2.45, 2.75) is 13.5 Å². The van der Waals surface area contributed by atoms with Gasteiger partial charge in [0.2, 0.25) is 5.82 Å². The second-order valence-corrected chi connectivity index (χ2v) is 10.0. The van der Waals surface area contributed by atoms with Gasteiger partial charge in [-0.15, -0.1) is 0 Å². The molecule has 7 aromatic rings. The molecule has 210 valence electrons. The molecule has 0 bridgehead atoms. The van der Waals surface area contributed by atoms with E-state index in [-0.39, 0.29) is 5.56 Å². The highest BCUT2D eigenvalue weighted by Crippen LogP contribution is 2.31. The molecule has 0 atom stereocenters. The second kappa shape index (κ2) is 11.3. The minimum absolute atomic E-state index is 0.294. The molecule has 2 aromatic heterocycles. The monoisotopic (exact) mass is 565 g/mol. The van der Waals surface area contributed by atoms with Crippen LogP contribution in [0.2, 0.25) is 0 Å². The van der Waals surface area contributed by atoms with Crippen molar-refractivity contribution in [1.82, 2.24) is 9.66 Å². The van der Waals surface area contributed by atoms with Gasteiger partial charge in [-0.05, 0) is 71.3 Å². The van der Waals surface area contributed by atoms with Crippen LogP contribution in [0.1, 0.15) is 18.1 Å². The fraction of sp³-hybridized carbons (Fsp3) is 0.0833. The number of hydrogen-bond acceptors (Lipinski definition) is 6. The van der Waals surface area contributed by atoms with Crippen LogP contribution < -0.4 is 15.0 Å².